The van der Waals surface area contributed by atoms with Crippen molar-refractivity contribution in [3.63, 3.8) is 0 Å². The second-order valence-electron chi connectivity index (χ2n) is 9.60. The minimum atomic E-state index is -0.277. The SMILES string of the molecule is O=C(Nc1ccccc1C(=O)NC1CCCCC1)c1ccc(C2SCC(=O)N2Cc2ccccc2)cc1. The molecule has 3 amide bonds. The fraction of sp³-hybridized carbons (Fsp3) is 0.300. The highest BCUT2D eigenvalue weighted by Crippen LogP contribution is 2.39. The third-order valence-electron chi connectivity index (χ3n) is 6.98. The molecule has 3 aromatic carbocycles. The highest BCUT2D eigenvalue weighted by Gasteiger charge is 2.32. The Balaban J connectivity index is 1.26. The summed E-state index contributed by atoms with van der Waals surface area (Å²) in [7, 11) is 0. The lowest BCUT2D eigenvalue weighted by atomic mass is 9.95. The van der Waals surface area contributed by atoms with E-state index >= 15 is 0 Å². The topological polar surface area (TPSA) is 78.5 Å². The minimum absolute atomic E-state index is 0.0889. The maximum Gasteiger partial charge on any atom is 0.255 e. The van der Waals surface area contributed by atoms with Gasteiger partial charge in [-0.2, -0.15) is 0 Å². The first-order valence-electron chi connectivity index (χ1n) is 12.8. The standard InChI is InChI=1S/C30H31N3O3S/c34-27-20-37-30(33(27)19-21-9-3-1-4-10-21)23-17-15-22(16-18-23)28(35)32-26-14-8-7-13-25(26)29(36)31-24-11-5-2-6-12-24/h1,3-4,7-10,13-18,24,30H,2,5-6,11-12,19-20H2,(H,31,36)(H,32,35). The number of nitrogens with zero attached hydrogens (tertiary/aromatic N) is 1. The molecule has 1 aliphatic carbocycles. The summed E-state index contributed by atoms with van der Waals surface area (Å²) in [6.45, 7) is 0.555. The van der Waals surface area contributed by atoms with Crippen LogP contribution >= 0.6 is 11.8 Å². The molecule has 7 heteroatoms. The van der Waals surface area contributed by atoms with Crippen LogP contribution in [-0.4, -0.2) is 34.4 Å². The number of rotatable bonds is 7. The van der Waals surface area contributed by atoms with Crippen LogP contribution in [0.2, 0.25) is 0 Å². The number of hydrogen-bond acceptors (Lipinski definition) is 4. The predicted octanol–water partition coefficient (Wildman–Crippen LogP) is 5.78. The number of para-hydroxylation sites is 1. The molecular weight excluding hydrogens is 482 g/mol. The van der Waals surface area contributed by atoms with Crippen LogP contribution in [-0.2, 0) is 11.3 Å². The van der Waals surface area contributed by atoms with Crippen molar-refractivity contribution in [3.05, 3.63) is 101 Å². The van der Waals surface area contributed by atoms with Gasteiger partial charge in [-0.1, -0.05) is 73.9 Å². The zero-order valence-electron chi connectivity index (χ0n) is 20.7. The van der Waals surface area contributed by atoms with Gasteiger partial charge in [0.2, 0.25) is 5.91 Å². The molecule has 0 bridgehead atoms. The molecule has 3 aromatic rings. The molecule has 37 heavy (non-hydrogen) atoms. The minimum Gasteiger partial charge on any atom is -0.349 e. The average Bonchev–Trinajstić information content (AvgIpc) is 3.29. The van der Waals surface area contributed by atoms with E-state index in [0.717, 1.165) is 36.8 Å². The van der Waals surface area contributed by atoms with E-state index < -0.39 is 0 Å². The lowest BCUT2D eigenvalue weighted by Gasteiger charge is -2.24. The number of carbonyl (C=O) groups is 3. The van der Waals surface area contributed by atoms with Gasteiger partial charge in [-0.05, 0) is 48.2 Å². The number of amides is 3. The lowest BCUT2D eigenvalue weighted by molar-refractivity contribution is -0.128. The van der Waals surface area contributed by atoms with Gasteiger partial charge in [0.25, 0.3) is 11.8 Å². The molecule has 6 nitrogen and oxygen atoms in total. The smallest absolute Gasteiger partial charge is 0.255 e. The molecule has 2 fully saturated rings. The van der Waals surface area contributed by atoms with Gasteiger partial charge in [0, 0.05) is 18.2 Å². The van der Waals surface area contributed by atoms with Crippen LogP contribution in [0.1, 0.15) is 69.3 Å². The van der Waals surface area contributed by atoms with E-state index in [0.29, 0.717) is 29.1 Å². The Morgan fingerprint density at radius 3 is 2.30 bits per heavy atom. The second kappa shape index (κ2) is 11.6. The number of benzene rings is 3. The molecule has 1 unspecified atom stereocenters. The van der Waals surface area contributed by atoms with Crippen LogP contribution in [0.5, 0.6) is 0 Å². The van der Waals surface area contributed by atoms with E-state index in [-0.39, 0.29) is 29.1 Å². The van der Waals surface area contributed by atoms with Crippen LogP contribution in [0, 0.1) is 0 Å². The zero-order chi connectivity index (χ0) is 25.6. The fourth-order valence-electron chi connectivity index (χ4n) is 4.98. The van der Waals surface area contributed by atoms with Crippen molar-refractivity contribution in [1.82, 2.24) is 10.2 Å². The van der Waals surface area contributed by atoms with Crippen molar-refractivity contribution in [2.24, 2.45) is 0 Å². The number of thioether (sulfide) groups is 1. The quantitative estimate of drug-likeness (QED) is 0.420. The van der Waals surface area contributed by atoms with E-state index in [9.17, 15) is 14.4 Å². The van der Waals surface area contributed by atoms with Crippen molar-refractivity contribution in [2.75, 3.05) is 11.1 Å². The normalized spacial score (nSPS) is 18.0. The van der Waals surface area contributed by atoms with Crippen LogP contribution in [0.3, 0.4) is 0 Å². The second-order valence-corrected chi connectivity index (χ2v) is 10.7. The molecule has 0 radical (unpaired) electrons. The van der Waals surface area contributed by atoms with E-state index in [1.165, 1.54) is 6.42 Å². The molecule has 1 atom stereocenters. The van der Waals surface area contributed by atoms with Crippen molar-refractivity contribution in [1.29, 1.82) is 0 Å². The predicted molar refractivity (Wildman–Crippen MR) is 147 cm³/mol. The van der Waals surface area contributed by atoms with Crippen LogP contribution in [0.25, 0.3) is 0 Å². The van der Waals surface area contributed by atoms with Gasteiger partial charge >= 0.3 is 0 Å². The van der Waals surface area contributed by atoms with Gasteiger partial charge in [0.1, 0.15) is 5.37 Å². The van der Waals surface area contributed by atoms with Gasteiger partial charge in [-0.15, -0.1) is 11.8 Å². The Morgan fingerprint density at radius 2 is 1.54 bits per heavy atom. The first-order chi connectivity index (χ1) is 18.1. The number of anilines is 1. The molecule has 190 valence electrons. The van der Waals surface area contributed by atoms with Crippen molar-refractivity contribution in [3.8, 4) is 0 Å². The summed E-state index contributed by atoms with van der Waals surface area (Å²) in [4.78, 5) is 40.4. The van der Waals surface area contributed by atoms with Gasteiger partial charge in [0.15, 0.2) is 0 Å². The summed E-state index contributed by atoms with van der Waals surface area (Å²) < 4.78 is 0. The van der Waals surface area contributed by atoms with Crippen molar-refractivity contribution >= 4 is 35.2 Å². The molecular formula is C30H31N3O3S. The Morgan fingerprint density at radius 1 is 0.838 bits per heavy atom. The summed E-state index contributed by atoms with van der Waals surface area (Å²) in [6, 6.07) is 24.6. The monoisotopic (exact) mass is 513 g/mol. The van der Waals surface area contributed by atoms with Gasteiger partial charge in [-0.25, -0.2) is 0 Å². The van der Waals surface area contributed by atoms with E-state index in [1.54, 1.807) is 36.0 Å². The summed E-state index contributed by atoms with van der Waals surface area (Å²) in [5.41, 5.74) is 3.53. The van der Waals surface area contributed by atoms with Gasteiger partial charge < -0.3 is 15.5 Å². The Labute approximate surface area is 221 Å². The molecule has 1 saturated carbocycles. The highest BCUT2D eigenvalue weighted by molar-refractivity contribution is 8.00. The Kier molecular flexibility index (Phi) is 7.90. The Hall–Kier alpha value is -3.58. The maximum absolute atomic E-state index is 13.1. The van der Waals surface area contributed by atoms with Gasteiger partial charge in [0.05, 0.1) is 17.0 Å². The molecule has 5 rings (SSSR count). The van der Waals surface area contributed by atoms with Crippen LogP contribution < -0.4 is 10.6 Å². The van der Waals surface area contributed by atoms with Crippen molar-refractivity contribution in [2.45, 2.75) is 50.1 Å². The molecule has 1 saturated heterocycles. The molecule has 0 spiro atoms. The number of carbonyl (C=O) groups excluding carboxylic acids is 3. The largest absolute Gasteiger partial charge is 0.349 e. The summed E-state index contributed by atoms with van der Waals surface area (Å²) >= 11 is 1.60. The molecule has 2 N–H and O–H groups in total. The zero-order valence-corrected chi connectivity index (χ0v) is 21.5. The maximum atomic E-state index is 13.1. The number of nitrogens with one attached hydrogen (secondary N) is 2. The summed E-state index contributed by atoms with van der Waals surface area (Å²) in [5, 5.41) is 5.95. The third-order valence-corrected chi connectivity index (χ3v) is 8.24. The van der Waals surface area contributed by atoms with Crippen LogP contribution in [0.4, 0.5) is 5.69 Å². The molecule has 0 aromatic heterocycles. The summed E-state index contributed by atoms with van der Waals surface area (Å²) in [6.07, 6.45) is 5.49. The van der Waals surface area contributed by atoms with E-state index in [4.69, 9.17) is 0 Å². The van der Waals surface area contributed by atoms with Crippen molar-refractivity contribution < 1.29 is 14.4 Å². The molecule has 2 aliphatic rings. The fourth-order valence-corrected chi connectivity index (χ4v) is 6.16. The lowest BCUT2D eigenvalue weighted by Crippen LogP contribution is -2.36. The third kappa shape index (κ3) is 6.05. The van der Waals surface area contributed by atoms with E-state index in [1.807, 2.05) is 59.5 Å². The summed E-state index contributed by atoms with van der Waals surface area (Å²) in [5.74, 6) is 0.128. The number of hydrogen-bond donors (Lipinski definition) is 2. The Bertz CT molecular complexity index is 1260. The molecule has 1 aliphatic heterocycles. The molecule has 1 heterocycles. The van der Waals surface area contributed by atoms with Crippen LogP contribution in [0.15, 0.2) is 78.9 Å². The van der Waals surface area contributed by atoms with E-state index in [2.05, 4.69) is 10.6 Å². The average molecular weight is 514 g/mol. The first kappa shape index (κ1) is 25.1. The highest BCUT2D eigenvalue weighted by atomic mass is 32.2. The first-order valence-corrected chi connectivity index (χ1v) is 13.9. The van der Waals surface area contributed by atoms with Gasteiger partial charge in [-0.3, -0.25) is 14.4 Å².